The molecule has 1 saturated heterocycles. The summed E-state index contributed by atoms with van der Waals surface area (Å²) in [5, 5.41) is 2.93. The van der Waals surface area contributed by atoms with Gasteiger partial charge in [0.15, 0.2) is 0 Å². The number of nitrogens with zero attached hydrogens (tertiary/aromatic N) is 1. The lowest BCUT2D eigenvalue weighted by atomic mass is 9.93. The maximum absolute atomic E-state index is 11.6. The minimum Gasteiger partial charge on any atom is -0.354 e. The highest BCUT2D eigenvalue weighted by atomic mass is 16.1. The minimum atomic E-state index is 0.157. The highest BCUT2D eigenvalue weighted by Crippen LogP contribution is 2.20. The molecule has 98 valence electrons. The van der Waals surface area contributed by atoms with Crippen LogP contribution in [0, 0.1) is 5.92 Å². The minimum absolute atomic E-state index is 0.157. The lowest BCUT2D eigenvalue weighted by Gasteiger charge is -2.31. The predicted octanol–water partition coefficient (Wildman–Crippen LogP) is 1.20. The molecule has 1 rings (SSSR count). The van der Waals surface area contributed by atoms with E-state index in [1.807, 2.05) is 13.8 Å². The Kier molecular flexibility index (Phi) is 5.62. The summed E-state index contributed by atoms with van der Waals surface area (Å²) in [7, 11) is 0. The van der Waals surface area contributed by atoms with Crippen molar-refractivity contribution < 1.29 is 9.59 Å². The van der Waals surface area contributed by atoms with E-state index in [0.717, 1.165) is 25.9 Å². The van der Waals surface area contributed by atoms with Crippen LogP contribution in [0.15, 0.2) is 0 Å². The second-order valence-electron chi connectivity index (χ2n) is 5.35. The molecule has 17 heavy (non-hydrogen) atoms. The van der Waals surface area contributed by atoms with Crippen LogP contribution in [-0.2, 0) is 9.59 Å². The van der Waals surface area contributed by atoms with Gasteiger partial charge in [0.1, 0.15) is 5.78 Å². The first-order valence-electron chi connectivity index (χ1n) is 6.48. The van der Waals surface area contributed by atoms with Gasteiger partial charge in [-0.3, -0.25) is 14.5 Å². The fourth-order valence-corrected chi connectivity index (χ4v) is 2.31. The molecular weight excluding hydrogens is 216 g/mol. The molecule has 4 heteroatoms. The Balaban J connectivity index is 2.23. The Hall–Kier alpha value is -0.900. The first kappa shape index (κ1) is 14.2. The molecule has 0 aliphatic carbocycles. The van der Waals surface area contributed by atoms with E-state index in [1.165, 1.54) is 0 Å². The van der Waals surface area contributed by atoms with Gasteiger partial charge in [-0.15, -0.1) is 0 Å². The number of amides is 1. The monoisotopic (exact) mass is 240 g/mol. The van der Waals surface area contributed by atoms with E-state index in [-0.39, 0.29) is 17.7 Å². The van der Waals surface area contributed by atoms with Crippen molar-refractivity contribution in [3.05, 3.63) is 0 Å². The Morgan fingerprint density at radius 1 is 1.29 bits per heavy atom. The Morgan fingerprint density at radius 2 is 1.88 bits per heavy atom. The molecule has 1 aliphatic rings. The van der Waals surface area contributed by atoms with Crippen LogP contribution in [0.3, 0.4) is 0 Å². The topological polar surface area (TPSA) is 49.4 Å². The molecule has 0 atom stereocenters. The fraction of sp³-hybridized carbons (Fsp3) is 0.846. The number of hydrogen-bond donors (Lipinski definition) is 1. The van der Waals surface area contributed by atoms with Crippen molar-refractivity contribution in [2.75, 3.05) is 19.6 Å². The summed E-state index contributed by atoms with van der Waals surface area (Å²) in [5.41, 5.74) is 0. The molecule has 0 radical (unpaired) electrons. The Bertz CT molecular complexity index is 269. The largest absolute Gasteiger partial charge is 0.354 e. The maximum Gasteiger partial charge on any atom is 0.220 e. The summed E-state index contributed by atoms with van der Waals surface area (Å²) < 4.78 is 0. The Morgan fingerprint density at radius 3 is 2.35 bits per heavy atom. The number of carbonyl (C=O) groups is 2. The summed E-state index contributed by atoms with van der Waals surface area (Å²) in [5.74, 6) is 0.864. The van der Waals surface area contributed by atoms with Crippen LogP contribution in [0.2, 0.25) is 0 Å². The van der Waals surface area contributed by atoms with E-state index in [4.69, 9.17) is 0 Å². The summed E-state index contributed by atoms with van der Waals surface area (Å²) >= 11 is 0. The number of carbonyl (C=O) groups excluding carboxylic acids is 2. The third-order valence-corrected chi connectivity index (χ3v) is 3.08. The average Bonchev–Trinajstić information content (AvgIpc) is 2.18. The molecule has 0 aromatic heterocycles. The highest BCUT2D eigenvalue weighted by Gasteiger charge is 2.22. The second-order valence-corrected chi connectivity index (χ2v) is 5.35. The molecule has 0 aromatic carbocycles. The van der Waals surface area contributed by atoms with Gasteiger partial charge >= 0.3 is 0 Å². The fourth-order valence-electron chi connectivity index (χ4n) is 2.31. The third kappa shape index (κ3) is 5.82. The summed E-state index contributed by atoms with van der Waals surface area (Å²) in [6.45, 7) is 8.03. The van der Waals surface area contributed by atoms with E-state index in [1.54, 1.807) is 6.92 Å². The van der Waals surface area contributed by atoms with Gasteiger partial charge in [-0.05, 0) is 52.6 Å². The molecule has 1 heterocycles. The van der Waals surface area contributed by atoms with E-state index in [9.17, 15) is 9.59 Å². The normalized spacial score (nSPS) is 18.4. The highest BCUT2D eigenvalue weighted by molar-refractivity contribution is 5.77. The van der Waals surface area contributed by atoms with Gasteiger partial charge in [-0.2, -0.15) is 0 Å². The van der Waals surface area contributed by atoms with Crippen LogP contribution in [0.1, 0.15) is 40.0 Å². The van der Waals surface area contributed by atoms with Crippen molar-refractivity contribution in [3.8, 4) is 0 Å². The van der Waals surface area contributed by atoms with Crippen LogP contribution in [-0.4, -0.2) is 42.3 Å². The lowest BCUT2D eigenvalue weighted by molar-refractivity contribution is -0.123. The predicted molar refractivity (Wildman–Crippen MR) is 67.7 cm³/mol. The van der Waals surface area contributed by atoms with Gasteiger partial charge in [0.05, 0.1) is 6.54 Å². The molecule has 1 N–H and O–H groups in total. The summed E-state index contributed by atoms with van der Waals surface area (Å²) in [4.78, 5) is 24.8. The summed E-state index contributed by atoms with van der Waals surface area (Å²) in [6.07, 6.45) is 2.68. The van der Waals surface area contributed by atoms with Crippen molar-refractivity contribution in [3.63, 3.8) is 0 Å². The maximum atomic E-state index is 11.6. The van der Waals surface area contributed by atoms with Crippen molar-refractivity contribution in [2.45, 2.75) is 46.1 Å². The number of nitrogens with one attached hydrogen (secondary N) is 1. The van der Waals surface area contributed by atoms with Crippen LogP contribution in [0.4, 0.5) is 0 Å². The van der Waals surface area contributed by atoms with E-state index >= 15 is 0 Å². The summed E-state index contributed by atoms with van der Waals surface area (Å²) in [6, 6.07) is 0.223. The smallest absolute Gasteiger partial charge is 0.220 e. The van der Waals surface area contributed by atoms with Gasteiger partial charge in [0, 0.05) is 12.5 Å². The molecule has 4 nitrogen and oxygen atoms in total. The van der Waals surface area contributed by atoms with Crippen molar-refractivity contribution in [2.24, 2.45) is 5.92 Å². The van der Waals surface area contributed by atoms with Gasteiger partial charge in [0.25, 0.3) is 0 Å². The molecule has 1 aliphatic heterocycles. The quantitative estimate of drug-likeness (QED) is 0.785. The number of likely N-dealkylation sites (tertiary alicyclic amines) is 1. The number of Topliss-reactive ketones (excluding diaryl/α,β-unsaturated/α-hetero) is 1. The average molecular weight is 240 g/mol. The Labute approximate surface area is 104 Å². The van der Waals surface area contributed by atoms with Crippen molar-refractivity contribution >= 4 is 11.7 Å². The lowest BCUT2D eigenvalue weighted by Crippen LogP contribution is -2.39. The van der Waals surface area contributed by atoms with Gasteiger partial charge < -0.3 is 5.32 Å². The van der Waals surface area contributed by atoms with Gasteiger partial charge in [-0.25, -0.2) is 0 Å². The van der Waals surface area contributed by atoms with E-state index < -0.39 is 0 Å². The molecule has 0 aromatic rings. The second kappa shape index (κ2) is 6.74. The van der Waals surface area contributed by atoms with Crippen molar-refractivity contribution in [1.29, 1.82) is 0 Å². The zero-order chi connectivity index (χ0) is 12.8. The zero-order valence-corrected chi connectivity index (χ0v) is 11.2. The van der Waals surface area contributed by atoms with Crippen LogP contribution < -0.4 is 5.32 Å². The molecule has 1 fully saturated rings. The number of rotatable bonds is 5. The molecule has 0 spiro atoms. The molecule has 0 unspecified atom stereocenters. The van der Waals surface area contributed by atoms with Gasteiger partial charge in [0.2, 0.25) is 5.91 Å². The number of ketones is 1. The molecule has 1 amide bonds. The number of hydrogen-bond acceptors (Lipinski definition) is 3. The van der Waals surface area contributed by atoms with Crippen LogP contribution in [0.5, 0.6) is 0 Å². The standard InChI is InChI=1S/C13H24N2O2/c1-10(2)14-13(17)8-12-4-6-15(7-5-12)9-11(3)16/h10,12H,4-9H2,1-3H3,(H,14,17). The SMILES string of the molecule is CC(=O)CN1CCC(CC(=O)NC(C)C)CC1. The first-order chi connectivity index (χ1) is 7.97. The third-order valence-electron chi connectivity index (χ3n) is 3.08. The number of piperidine rings is 1. The zero-order valence-electron chi connectivity index (χ0n) is 11.2. The van der Waals surface area contributed by atoms with E-state index in [2.05, 4.69) is 10.2 Å². The van der Waals surface area contributed by atoms with E-state index in [0.29, 0.717) is 18.9 Å². The van der Waals surface area contributed by atoms with Gasteiger partial charge in [-0.1, -0.05) is 0 Å². The molecule has 0 saturated carbocycles. The van der Waals surface area contributed by atoms with Crippen LogP contribution in [0.25, 0.3) is 0 Å². The first-order valence-corrected chi connectivity index (χ1v) is 6.48. The van der Waals surface area contributed by atoms with Crippen LogP contribution >= 0.6 is 0 Å². The van der Waals surface area contributed by atoms with Crippen molar-refractivity contribution in [1.82, 2.24) is 10.2 Å². The molecule has 0 bridgehead atoms. The molecular formula is C13H24N2O2.